The summed E-state index contributed by atoms with van der Waals surface area (Å²) < 4.78 is 0. The summed E-state index contributed by atoms with van der Waals surface area (Å²) in [5.74, 6) is 1.20. The molecule has 0 aromatic carbocycles. The molecule has 3 unspecified atom stereocenters. The highest BCUT2D eigenvalue weighted by molar-refractivity contribution is 8.00. The second-order valence-electron chi connectivity index (χ2n) is 2.70. The number of nitrogens with zero attached hydrogens (tertiary/aromatic N) is 2. The zero-order chi connectivity index (χ0) is 6.43. The highest BCUT2D eigenvalue weighted by Crippen LogP contribution is 2.46. The molecule has 0 aromatic heterocycles. The fourth-order valence-electron chi connectivity index (χ4n) is 1.52. The van der Waals surface area contributed by atoms with Crippen LogP contribution in [0.1, 0.15) is 13.3 Å². The molecule has 0 amide bonds. The molecule has 52 valence electrons. The zero-order valence-electron chi connectivity index (χ0n) is 5.87. The lowest BCUT2D eigenvalue weighted by Crippen LogP contribution is -2.22. The molecule has 2 saturated heterocycles. The predicted octanol–water partition coefficient (Wildman–Crippen LogP) is 0.958. The molecule has 2 rings (SSSR count). The van der Waals surface area contributed by atoms with Crippen LogP contribution in [0.5, 0.6) is 0 Å². The molecule has 0 aromatic rings. The lowest BCUT2D eigenvalue weighted by Gasteiger charge is -2.11. The average molecular weight is 144 g/mol. The minimum absolute atomic E-state index is 0.847. The second-order valence-corrected chi connectivity index (χ2v) is 3.77. The van der Waals surface area contributed by atoms with E-state index in [4.69, 9.17) is 0 Å². The smallest absolute Gasteiger partial charge is 0.0885 e. The molecule has 0 N–H and O–H groups in total. The molecule has 0 radical (unpaired) electrons. The van der Waals surface area contributed by atoms with Gasteiger partial charge in [-0.1, -0.05) is 6.92 Å². The van der Waals surface area contributed by atoms with Crippen LogP contribution in [0.25, 0.3) is 0 Å². The van der Waals surface area contributed by atoms with Gasteiger partial charge in [0, 0.05) is 7.05 Å². The number of thioether (sulfide) groups is 1. The van der Waals surface area contributed by atoms with Crippen molar-refractivity contribution < 1.29 is 0 Å². The highest BCUT2D eigenvalue weighted by Gasteiger charge is 2.53. The van der Waals surface area contributed by atoms with Crippen LogP contribution in [0.2, 0.25) is 0 Å². The average Bonchev–Trinajstić information content (AvgIpc) is 2.46. The SMILES string of the molecule is CCC1C2SCN(C)N12. The largest absolute Gasteiger partial charge is 0.233 e. The minimum atomic E-state index is 0.847. The molecule has 9 heavy (non-hydrogen) atoms. The summed E-state index contributed by atoms with van der Waals surface area (Å²) in [6.07, 6.45) is 1.31. The Morgan fingerprint density at radius 1 is 1.67 bits per heavy atom. The third-order valence-corrected chi connectivity index (χ3v) is 3.48. The molecule has 0 bridgehead atoms. The van der Waals surface area contributed by atoms with Crippen molar-refractivity contribution in [2.24, 2.45) is 0 Å². The van der Waals surface area contributed by atoms with Gasteiger partial charge in [0.15, 0.2) is 0 Å². The number of hydrazine groups is 1. The quantitative estimate of drug-likeness (QED) is 0.506. The number of fused-ring (bicyclic) bond motifs is 1. The van der Waals surface area contributed by atoms with Crippen molar-refractivity contribution in [2.75, 3.05) is 12.9 Å². The standard InChI is InChI=1S/C6H12N2S/c1-3-5-6-8(5)7(2)4-9-6/h5-6H,3-4H2,1-2H3. The van der Waals surface area contributed by atoms with Gasteiger partial charge < -0.3 is 0 Å². The van der Waals surface area contributed by atoms with E-state index in [0.717, 1.165) is 11.4 Å². The van der Waals surface area contributed by atoms with Gasteiger partial charge in [-0.05, 0) is 6.42 Å². The van der Waals surface area contributed by atoms with Gasteiger partial charge in [0.1, 0.15) is 0 Å². The lowest BCUT2D eigenvalue weighted by atomic mass is 10.4. The Morgan fingerprint density at radius 2 is 2.44 bits per heavy atom. The molecule has 3 atom stereocenters. The summed E-state index contributed by atoms with van der Waals surface area (Å²) in [5, 5.41) is 5.63. The molecule has 0 saturated carbocycles. The third kappa shape index (κ3) is 0.719. The molecule has 0 aliphatic carbocycles. The number of rotatable bonds is 1. The van der Waals surface area contributed by atoms with Crippen molar-refractivity contribution in [3.05, 3.63) is 0 Å². The Hall–Kier alpha value is 0.270. The van der Waals surface area contributed by atoms with E-state index in [9.17, 15) is 0 Å². The van der Waals surface area contributed by atoms with Crippen molar-refractivity contribution in [2.45, 2.75) is 24.8 Å². The van der Waals surface area contributed by atoms with Gasteiger partial charge in [-0.15, -0.1) is 11.8 Å². The van der Waals surface area contributed by atoms with E-state index in [-0.39, 0.29) is 0 Å². The first-order chi connectivity index (χ1) is 4.34. The van der Waals surface area contributed by atoms with Crippen LogP contribution >= 0.6 is 11.8 Å². The van der Waals surface area contributed by atoms with E-state index in [1.54, 1.807) is 0 Å². The van der Waals surface area contributed by atoms with Crippen molar-refractivity contribution in [1.82, 2.24) is 10.0 Å². The first-order valence-corrected chi connectivity index (χ1v) is 4.50. The summed E-state index contributed by atoms with van der Waals surface area (Å²) in [5.41, 5.74) is 0. The van der Waals surface area contributed by atoms with Gasteiger partial charge in [-0.2, -0.15) is 0 Å². The Kier molecular flexibility index (Phi) is 1.25. The topological polar surface area (TPSA) is 6.25 Å². The minimum Gasteiger partial charge on any atom is -0.233 e. The number of hydrogen-bond donors (Lipinski definition) is 0. The lowest BCUT2D eigenvalue weighted by molar-refractivity contribution is 0.146. The summed E-state index contributed by atoms with van der Waals surface area (Å²) in [6.45, 7) is 2.26. The van der Waals surface area contributed by atoms with Gasteiger partial charge >= 0.3 is 0 Å². The van der Waals surface area contributed by atoms with E-state index in [1.165, 1.54) is 12.3 Å². The zero-order valence-corrected chi connectivity index (χ0v) is 6.69. The molecule has 2 aliphatic heterocycles. The van der Waals surface area contributed by atoms with Crippen molar-refractivity contribution in [3.63, 3.8) is 0 Å². The van der Waals surface area contributed by atoms with Crippen LogP contribution < -0.4 is 0 Å². The molecular formula is C6H12N2S. The fourth-order valence-corrected chi connectivity index (χ4v) is 2.96. The van der Waals surface area contributed by atoms with Gasteiger partial charge in [-0.25, -0.2) is 10.0 Å². The predicted molar refractivity (Wildman–Crippen MR) is 39.9 cm³/mol. The first-order valence-electron chi connectivity index (χ1n) is 3.45. The Labute approximate surface area is 60.2 Å². The normalized spacial score (nSPS) is 49.3. The third-order valence-electron chi connectivity index (χ3n) is 2.08. The van der Waals surface area contributed by atoms with Crippen molar-refractivity contribution in [1.29, 1.82) is 0 Å². The van der Waals surface area contributed by atoms with E-state index >= 15 is 0 Å². The summed E-state index contributed by atoms with van der Waals surface area (Å²) in [7, 11) is 2.17. The van der Waals surface area contributed by atoms with Gasteiger partial charge in [-0.3, -0.25) is 0 Å². The van der Waals surface area contributed by atoms with Gasteiger partial charge in [0.25, 0.3) is 0 Å². The van der Waals surface area contributed by atoms with Crippen LogP contribution in [0.3, 0.4) is 0 Å². The second kappa shape index (κ2) is 1.87. The maximum atomic E-state index is 2.46. The van der Waals surface area contributed by atoms with E-state index < -0.39 is 0 Å². The van der Waals surface area contributed by atoms with E-state index in [1.807, 2.05) is 0 Å². The Bertz CT molecular complexity index is 124. The van der Waals surface area contributed by atoms with Crippen LogP contribution in [-0.4, -0.2) is 34.4 Å². The molecule has 0 spiro atoms. The van der Waals surface area contributed by atoms with Crippen LogP contribution in [0.4, 0.5) is 0 Å². The molecular weight excluding hydrogens is 132 g/mol. The molecule has 2 heterocycles. The van der Waals surface area contributed by atoms with Gasteiger partial charge in [0.2, 0.25) is 0 Å². The van der Waals surface area contributed by atoms with Crippen LogP contribution in [0.15, 0.2) is 0 Å². The molecule has 2 nitrogen and oxygen atoms in total. The molecule has 3 heteroatoms. The summed E-state index contributed by atoms with van der Waals surface area (Å²) in [4.78, 5) is 0. The Morgan fingerprint density at radius 3 is 2.78 bits per heavy atom. The maximum Gasteiger partial charge on any atom is 0.0885 e. The Balaban J connectivity index is 1.98. The molecule has 2 aliphatic rings. The van der Waals surface area contributed by atoms with Crippen LogP contribution in [-0.2, 0) is 0 Å². The fraction of sp³-hybridized carbons (Fsp3) is 1.00. The van der Waals surface area contributed by atoms with E-state index in [0.29, 0.717) is 0 Å². The van der Waals surface area contributed by atoms with Crippen LogP contribution in [0, 0.1) is 0 Å². The monoisotopic (exact) mass is 144 g/mol. The number of hydrogen-bond acceptors (Lipinski definition) is 3. The first kappa shape index (κ1) is 6.01. The van der Waals surface area contributed by atoms with Crippen molar-refractivity contribution in [3.8, 4) is 0 Å². The van der Waals surface area contributed by atoms with Crippen molar-refractivity contribution >= 4 is 11.8 Å². The summed E-state index contributed by atoms with van der Waals surface area (Å²) in [6, 6.07) is 0.869. The van der Waals surface area contributed by atoms with Gasteiger partial charge in [0.05, 0.1) is 17.3 Å². The highest BCUT2D eigenvalue weighted by atomic mass is 32.2. The maximum absolute atomic E-state index is 2.46. The molecule has 2 fully saturated rings. The van der Waals surface area contributed by atoms with E-state index in [2.05, 4.69) is 35.8 Å². The summed E-state index contributed by atoms with van der Waals surface area (Å²) >= 11 is 2.06.